The lowest BCUT2D eigenvalue weighted by atomic mass is 9.93. The highest BCUT2D eigenvalue weighted by atomic mass is 79.9. The number of ether oxygens (including phenoxy) is 4. The molecular weight excluding hydrogens is 280 g/mol. The third-order valence-corrected chi connectivity index (χ3v) is 5.49. The van der Waals surface area contributed by atoms with Crippen LogP contribution in [0.4, 0.5) is 0 Å². The van der Waals surface area contributed by atoms with Crippen molar-refractivity contribution >= 4 is 21.9 Å². The zero-order valence-corrected chi connectivity index (χ0v) is 10.7. The number of methoxy groups -OCH3 is 2. The summed E-state index contributed by atoms with van der Waals surface area (Å²) in [5.74, 6) is -1.38. The van der Waals surface area contributed by atoms with Crippen molar-refractivity contribution in [3.63, 3.8) is 0 Å². The number of hydrogen-bond donors (Lipinski definition) is 0. The van der Waals surface area contributed by atoms with E-state index in [1.807, 2.05) is 0 Å². The topological polar surface area (TPSA) is 57.3 Å². The van der Waals surface area contributed by atoms with Gasteiger partial charge < -0.3 is 18.9 Å². The van der Waals surface area contributed by atoms with Crippen LogP contribution in [0, 0.1) is 5.92 Å². The summed E-state index contributed by atoms with van der Waals surface area (Å²) in [6.45, 7) is 0.954. The predicted molar refractivity (Wildman–Crippen MR) is 56.2 cm³/mol. The molecule has 16 heavy (non-hydrogen) atoms. The van der Waals surface area contributed by atoms with E-state index in [4.69, 9.17) is 18.9 Å². The van der Waals surface area contributed by atoms with Crippen molar-refractivity contribution in [1.29, 1.82) is 0 Å². The van der Waals surface area contributed by atoms with Crippen LogP contribution in [-0.2, 0) is 23.7 Å². The van der Waals surface area contributed by atoms with Gasteiger partial charge in [0.15, 0.2) is 4.32 Å². The first kappa shape index (κ1) is 11.0. The molecule has 0 unspecified atom stereocenters. The Morgan fingerprint density at radius 3 is 2.56 bits per heavy atom. The molecule has 3 atom stereocenters. The van der Waals surface area contributed by atoms with Crippen LogP contribution in [0.5, 0.6) is 0 Å². The highest BCUT2D eigenvalue weighted by Crippen LogP contribution is 2.65. The van der Waals surface area contributed by atoms with Crippen LogP contribution in [0.1, 0.15) is 6.42 Å². The van der Waals surface area contributed by atoms with E-state index in [0.29, 0.717) is 19.6 Å². The molecule has 0 aromatic rings. The number of esters is 1. The summed E-state index contributed by atoms with van der Waals surface area (Å²) in [7, 11) is 3.06. The summed E-state index contributed by atoms with van der Waals surface area (Å²) < 4.78 is 20.7. The van der Waals surface area contributed by atoms with Crippen molar-refractivity contribution in [3.8, 4) is 0 Å². The minimum atomic E-state index is -1.09. The van der Waals surface area contributed by atoms with Crippen LogP contribution in [0.2, 0.25) is 0 Å². The molecule has 0 radical (unpaired) electrons. The number of hydrogen-bond acceptors (Lipinski definition) is 5. The fourth-order valence-electron chi connectivity index (χ4n) is 3.18. The number of rotatable bonds is 2. The molecule has 3 rings (SSSR count). The monoisotopic (exact) mass is 292 g/mol. The van der Waals surface area contributed by atoms with Gasteiger partial charge in [-0.15, -0.1) is 0 Å². The van der Waals surface area contributed by atoms with E-state index in [1.54, 1.807) is 0 Å². The number of cyclic esters (lactones) is 1. The first-order valence-corrected chi connectivity index (χ1v) is 5.96. The number of epoxide rings is 1. The molecule has 6 heteroatoms. The number of fused-ring (bicyclic) bond motifs is 1. The highest BCUT2D eigenvalue weighted by Gasteiger charge is 2.84. The Morgan fingerprint density at radius 1 is 1.44 bits per heavy atom. The minimum absolute atomic E-state index is 0.0300. The van der Waals surface area contributed by atoms with Gasteiger partial charge in [-0.05, 0) is 6.42 Å². The van der Waals surface area contributed by atoms with E-state index in [9.17, 15) is 4.79 Å². The molecule has 0 bridgehead atoms. The van der Waals surface area contributed by atoms with Crippen LogP contribution in [0.15, 0.2) is 0 Å². The van der Waals surface area contributed by atoms with Gasteiger partial charge in [-0.1, -0.05) is 15.9 Å². The van der Waals surface area contributed by atoms with Crippen LogP contribution < -0.4 is 0 Å². The maximum absolute atomic E-state index is 11.9. The first-order chi connectivity index (χ1) is 7.56. The molecule has 0 aromatic heterocycles. The molecule has 2 saturated heterocycles. The molecule has 0 aromatic carbocycles. The van der Waals surface area contributed by atoms with E-state index in [2.05, 4.69) is 15.9 Å². The van der Waals surface area contributed by atoms with Gasteiger partial charge in [0.05, 0.1) is 13.2 Å². The number of carbonyl (C=O) groups is 1. The van der Waals surface area contributed by atoms with Gasteiger partial charge in [0.1, 0.15) is 5.60 Å². The summed E-state index contributed by atoms with van der Waals surface area (Å²) in [5.41, 5.74) is -0.496. The van der Waals surface area contributed by atoms with E-state index in [-0.39, 0.29) is 11.9 Å². The number of carbonyl (C=O) groups excluding carboxylic acids is 1. The van der Waals surface area contributed by atoms with Crippen LogP contribution in [0.3, 0.4) is 0 Å². The Labute approximate surface area is 101 Å². The molecule has 1 saturated carbocycles. The second kappa shape index (κ2) is 2.98. The lowest BCUT2D eigenvalue weighted by Gasteiger charge is -2.38. The van der Waals surface area contributed by atoms with Crippen molar-refractivity contribution in [2.75, 3.05) is 27.4 Å². The quantitative estimate of drug-likeness (QED) is 0.320. The maximum atomic E-state index is 11.9. The molecule has 3 fully saturated rings. The van der Waals surface area contributed by atoms with E-state index < -0.39 is 15.7 Å². The fraction of sp³-hybridized carbons (Fsp3) is 0.900. The summed E-state index contributed by atoms with van der Waals surface area (Å²) in [5, 5.41) is 0. The Balaban J connectivity index is 2.14. The van der Waals surface area contributed by atoms with Gasteiger partial charge in [-0.25, -0.2) is 0 Å². The van der Waals surface area contributed by atoms with E-state index >= 15 is 0 Å². The third kappa shape index (κ3) is 0.881. The average molecular weight is 293 g/mol. The van der Waals surface area contributed by atoms with E-state index in [0.717, 1.165) is 0 Å². The van der Waals surface area contributed by atoms with Crippen molar-refractivity contribution in [1.82, 2.24) is 0 Å². The lowest BCUT2D eigenvalue weighted by molar-refractivity contribution is -0.245. The summed E-state index contributed by atoms with van der Waals surface area (Å²) in [6, 6.07) is 0. The van der Waals surface area contributed by atoms with Crippen molar-refractivity contribution in [3.05, 3.63) is 0 Å². The Hall–Kier alpha value is -0.170. The van der Waals surface area contributed by atoms with Gasteiger partial charge in [0.2, 0.25) is 5.79 Å². The molecule has 0 amide bonds. The van der Waals surface area contributed by atoms with Crippen LogP contribution in [-0.4, -0.2) is 49.1 Å². The van der Waals surface area contributed by atoms with Gasteiger partial charge in [0, 0.05) is 20.1 Å². The molecular formula is C10H13BrO5. The summed E-state index contributed by atoms with van der Waals surface area (Å²) in [4.78, 5) is 11.9. The van der Waals surface area contributed by atoms with Crippen LogP contribution in [0.25, 0.3) is 0 Å². The Kier molecular flexibility index (Phi) is 2.04. The zero-order valence-electron chi connectivity index (χ0n) is 9.12. The van der Waals surface area contributed by atoms with Crippen molar-refractivity contribution < 1.29 is 23.7 Å². The highest BCUT2D eigenvalue weighted by molar-refractivity contribution is 9.10. The third-order valence-electron chi connectivity index (χ3n) is 4.00. The molecule has 90 valence electrons. The number of alkyl halides is 1. The minimum Gasteiger partial charge on any atom is -0.464 e. The molecule has 1 aliphatic carbocycles. The first-order valence-electron chi connectivity index (χ1n) is 5.17. The second-order valence-electron chi connectivity index (χ2n) is 4.52. The molecule has 2 heterocycles. The van der Waals surface area contributed by atoms with Crippen molar-refractivity contribution in [2.24, 2.45) is 5.92 Å². The Bertz CT molecular complexity index is 349. The molecule has 5 nitrogen and oxygen atoms in total. The van der Waals surface area contributed by atoms with Gasteiger partial charge >= 0.3 is 5.97 Å². The molecule has 0 N–H and O–H groups in total. The molecule has 2 aliphatic heterocycles. The second-order valence-corrected chi connectivity index (χ2v) is 5.77. The SMILES string of the molecule is COC1(OC)[C@@]2(CO2)C[C@@H]2COC(=O)[C@@]21Br. The summed E-state index contributed by atoms with van der Waals surface area (Å²) >= 11 is 3.49. The van der Waals surface area contributed by atoms with Crippen LogP contribution >= 0.6 is 15.9 Å². The van der Waals surface area contributed by atoms with Gasteiger partial charge in [0.25, 0.3) is 0 Å². The zero-order chi connectivity index (χ0) is 11.6. The smallest absolute Gasteiger partial charge is 0.329 e. The molecule has 3 aliphatic rings. The summed E-state index contributed by atoms with van der Waals surface area (Å²) in [6.07, 6.45) is 0.714. The standard InChI is InChI=1S/C10H13BrO5/c1-13-10(14-2)8(5-16-8)3-6-4-15-7(12)9(6,10)11/h6H,3-5H2,1-2H3/t6-,8+,9+/m1/s1. The Morgan fingerprint density at radius 2 is 2.06 bits per heavy atom. The average Bonchev–Trinajstić information content (AvgIpc) is 2.95. The predicted octanol–water partition coefficient (Wildman–Crippen LogP) is 0.455. The van der Waals surface area contributed by atoms with Gasteiger partial charge in [-0.2, -0.15) is 0 Å². The van der Waals surface area contributed by atoms with E-state index in [1.165, 1.54) is 14.2 Å². The molecule has 1 spiro atoms. The normalized spacial score (nSPS) is 48.2. The number of halogens is 1. The van der Waals surface area contributed by atoms with Gasteiger partial charge in [-0.3, -0.25) is 4.79 Å². The lowest BCUT2D eigenvalue weighted by Crippen LogP contribution is -2.60. The van der Waals surface area contributed by atoms with Crippen molar-refractivity contribution in [2.45, 2.75) is 22.1 Å². The fourth-order valence-corrected chi connectivity index (χ4v) is 4.27. The largest absolute Gasteiger partial charge is 0.464 e. The maximum Gasteiger partial charge on any atom is 0.329 e.